The van der Waals surface area contributed by atoms with Gasteiger partial charge in [0.15, 0.2) is 13.2 Å². The van der Waals surface area contributed by atoms with Gasteiger partial charge in [-0.2, -0.15) is 0 Å². The molecule has 172 valence electrons. The predicted octanol–water partition coefficient (Wildman–Crippen LogP) is 5.15. The van der Waals surface area contributed by atoms with Gasteiger partial charge in [-0.1, -0.05) is 62.4 Å². The first-order valence-corrected chi connectivity index (χ1v) is 11.4. The van der Waals surface area contributed by atoms with Crippen LogP contribution in [-0.2, 0) is 9.59 Å². The molecule has 0 spiro atoms. The number of halogens is 1. The molecular weight excluding hydrogens is 484 g/mol. The zero-order valence-electron chi connectivity index (χ0n) is 18.9. The normalized spacial score (nSPS) is 10.6. The fraction of sp³-hybridized carbons (Fsp3) is 0.231. The van der Waals surface area contributed by atoms with Crippen LogP contribution in [0, 0.1) is 6.92 Å². The molecule has 0 atom stereocenters. The first kappa shape index (κ1) is 24.3. The second kappa shape index (κ2) is 11.5. The number of amides is 2. The Bertz CT molecular complexity index is 1120. The van der Waals surface area contributed by atoms with Crippen molar-refractivity contribution in [3.63, 3.8) is 0 Å². The SMILES string of the molecule is Cc1ccc(C(C)C)c(OCC(=O)NNC(=O)COc2ccc(-c3ccccc3)cc2Br)c1. The fourth-order valence-electron chi connectivity index (χ4n) is 3.17. The Morgan fingerprint density at radius 1 is 0.818 bits per heavy atom. The van der Waals surface area contributed by atoms with Crippen LogP contribution in [0.4, 0.5) is 0 Å². The topological polar surface area (TPSA) is 76.7 Å². The van der Waals surface area contributed by atoms with Crippen LogP contribution in [0.3, 0.4) is 0 Å². The monoisotopic (exact) mass is 510 g/mol. The van der Waals surface area contributed by atoms with Crippen LogP contribution in [-0.4, -0.2) is 25.0 Å². The lowest BCUT2D eigenvalue weighted by molar-refractivity contribution is -0.131. The van der Waals surface area contributed by atoms with Crippen LogP contribution in [0.1, 0.15) is 30.9 Å². The Kier molecular flexibility index (Phi) is 8.49. The molecule has 0 heterocycles. The van der Waals surface area contributed by atoms with Gasteiger partial charge in [-0.3, -0.25) is 20.4 Å². The number of hydrogen-bond acceptors (Lipinski definition) is 4. The molecular formula is C26H27BrN2O4. The van der Waals surface area contributed by atoms with Gasteiger partial charge in [-0.15, -0.1) is 0 Å². The lowest BCUT2D eigenvalue weighted by atomic mass is 10.0. The third-order valence-electron chi connectivity index (χ3n) is 4.89. The van der Waals surface area contributed by atoms with Crippen molar-refractivity contribution in [1.29, 1.82) is 0 Å². The van der Waals surface area contributed by atoms with Crippen LogP contribution in [0.15, 0.2) is 71.2 Å². The summed E-state index contributed by atoms with van der Waals surface area (Å²) in [6.07, 6.45) is 0. The lowest BCUT2D eigenvalue weighted by Crippen LogP contribution is -2.45. The molecule has 7 heteroatoms. The second-order valence-corrected chi connectivity index (χ2v) is 8.74. The number of rotatable bonds is 8. The van der Waals surface area contributed by atoms with Crippen LogP contribution in [0.25, 0.3) is 11.1 Å². The summed E-state index contributed by atoms with van der Waals surface area (Å²) in [5.74, 6) is 0.508. The Morgan fingerprint density at radius 3 is 2.06 bits per heavy atom. The number of carbonyl (C=O) groups excluding carboxylic acids is 2. The van der Waals surface area contributed by atoms with E-state index in [1.165, 1.54) is 0 Å². The smallest absolute Gasteiger partial charge is 0.276 e. The second-order valence-electron chi connectivity index (χ2n) is 7.88. The zero-order chi connectivity index (χ0) is 23.8. The average Bonchev–Trinajstić information content (AvgIpc) is 2.81. The van der Waals surface area contributed by atoms with Gasteiger partial charge in [0.05, 0.1) is 4.47 Å². The van der Waals surface area contributed by atoms with Crippen molar-refractivity contribution < 1.29 is 19.1 Å². The van der Waals surface area contributed by atoms with Gasteiger partial charge >= 0.3 is 0 Å². The minimum Gasteiger partial charge on any atom is -0.483 e. The molecule has 33 heavy (non-hydrogen) atoms. The first-order valence-electron chi connectivity index (χ1n) is 10.6. The molecule has 0 unspecified atom stereocenters. The first-order chi connectivity index (χ1) is 15.8. The van der Waals surface area contributed by atoms with Gasteiger partial charge in [0.2, 0.25) is 0 Å². The van der Waals surface area contributed by atoms with Gasteiger partial charge in [0, 0.05) is 0 Å². The van der Waals surface area contributed by atoms with E-state index in [0.29, 0.717) is 11.5 Å². The molecule has 2 amide bonds. The quantitative estimate of drug-likeness (QED) is 0.410. The number of ether oxygens (including phenoxy) is 2. The maximum atomic E-state index is 12.1. The summed E-state index contributed by atoms with van der Waals surface area (Å²) in [4.78, 5) is 24.2. The average molecular weight is 511 g/mol. The summed E-state index contributed by atoms with van der Waals surface area (Å²) in [6, 6.07) is 21.5. The van der Waals surface area contributed by atoms with Crippen molar-refractivity contribution in [2.24, 2.45) is 0 Å². The molecule has 3 rings (SSSR count). The minimum atomic E-state index is -0.485. The summed E-state index contributed by atoms with van der Waals surface area (Å²) < 4.78 is 12.0. The largest absolute Gasteiger partial charge is 0.483 e. The minimum absolute atomic E-state index is 0.212. The van der Waals surface area contributed by atoms with E-state index in [0.717, 1.165) is 26.7 Å². The Balaban J connectivity index is 1.45. The number of carbonyl (C=O) groups is 2. The Morgan fingerprint density at radius 2 is 1.45 bits per heavy atom. The maximum absolute atomic E-state index is 12.1. The summed E-state index contributed by atoms with van der Waals surface area (Å²) >= 11 is 3.48. The van der Waals surface area contributed by atoms with Crippen molar-refractivity contribution in [1.82, 2.24) is 10.9 Å². The predicted molar refractivity (Wildman–Crippen MR) is 132 cm³/mol. The van der Waals surface area contributed by atoms with E-state index in [1.807, 2.05) is 67.6 Å². The Hall–Kier alpha value is -3.32. The van der Waals surface area contributed by atoms with Crippen molar-refractivity contribution >= 4 is 27.7 Å². The van der Waals surface area contributed by atoms with Crippen molar-refractivity contribution in [2.75, 3.05) is 13.2 Å². The molecule has 0 radical (unpaired) electrons. The number of aryl methyl sites for hydroxylation is 1. The third kappa shape index (κ3) is 7.08. The van der Waals surface area contributed by atoms with E-state index in [1.54, 1.807) is 6.07 Å². The molecule has 6 nitrogen and oxygen atoms in total. The molecule has 3 aromatic carbocycles. The van der Waals surface area contributed by atoms with Crippen molar-refractivity contribution in [3.8, 4) is 22.6 Å². The zero-order valence-corrected chi connectivity index (χ0v) is 20.4. The van der Waals surface area contributed by atoms with Crippen LogP contribution in [0.5, 0.6) is 11.5 Å². The molecule has 0 aromatic heterocycles. The van der Waals surface area contributed by atoms with E-state index in [-0.39, 0.29) is 19.1 Å². The number of hydrazine groups is 1. The van der Waals surface area contributed by atoms with Gasteiger partial charge in [0.1, 0.15) is 11.5 Å². The number of nitrogens with one attached hydrogen (secondary N) is 2. The van der Waals surface area contributed by atoms with E-state index in [4.69, 9.17) is 9.47 Å². The van der Waals surface area contributed by atoms with E-state index < -0.39 is 11.8 Å². The van der Waals surface area contributed by atoms with Gasteiger partial charge in [-0.05, 0) is 69.2 Å². The molecule has 0 aliphatic rings. The van der Waals surface area contributed by atoms with E-state index in [9.17, 15) is 9.59 Å². The van der Waals surface area contributed by atoms with Crippen LogP contribution in [0.2, 0.25) is 0 Å². The third-order valence-corrected chi connectivity index (χ3v) is 5.51. The molecule has 2 N–H and O–H groups in total. The number of hydrogen-bond donors (Lipinski definition) is 2. The highest BCUT2D eigenvalue weighted by atomic mass is 79.9. The molecule has 0 fully saturated rings. The highest BCUT2D eigenvalue weighted by molar-refractivity contribution is 9.10. The molecule has 0 aliphatic heterocycles. The molecule has 0 aliphatic carbocycles. The standard InChI is InChI=1S/C26H27BrN2O4/c1-17(2)21-11-9-18(3)13-24(21)33-16-26(31)29-28-25(30)15-32-23-12-10-20(14-22(23)27)19-7-5-4-6-8-19/h4-14,17H,15-16H2,1-3H3,(H,28,30)(H,29,31). The highest BCUT2D eigenvalue weighted by Gasteiger charge is 2.12. The van der Waals surface area contributed by atoms with Crippen LogP contribution >= 0.6 is 15.9 Å². The summed E-state index contributed by atoms with van der Waals surface area (Å²) in [6.45, 7) is 5.62. The summed E-state index contributed by atoms with van der Waals surface area (Å²) in [7, 11) is 0. The lowest BCUT2D eigenvalue weighted by Gasteiger charge is -2.15. The van der Waals surface area contributed by atoms with Crippen molar-refractivity contribution in [2.45, 2.75) is 26.7 Å². The van der Waals surface area contributed by atoms with Crippen LogP contribution < -0.4 is 20.3 Å². The Labute approximate surface area is 202 Å². The molecule has 0 bridgehead atoms. The highest BCUT2D eigenvalue weighted by Crippen LogP contribution is 2.30. The van der Waals surface area contributed by atoms with E-state index in [2.05, 4.69) is 40.6 Å². The molecule has 0 saturated heterocycles. The van der Waals surface area contributed by atoms with Gasteiger partial charge in [0.25, 0.3) is 11.8 Å². The van der Waals surface area contributed by atoms with Gasteiger partial charge in [-0.25, -0.2) is 0 Å². The summed E-state index contributed by atoms with van der Waals surface area (Å²) in [5.41, 5.74) is 8.86. The van der Waals surface area contributed by atoms with Crippen molar-refractivity contribution in [3.05, 3.63) is 82.3 Å². The summed E-state index contributed by atoms with van der Waals surface area (Å²) in [5, 5.41) is 0. The fourth-order valence-corrected chi connectivity index (χ4v) is 3.66. The molecule has 3 aromatic rings. The molecule has 0 saturated carbocycles. The number of benzene rings is 3. The maximum Gasteiger partial charge on any atom is 0.276 e. The van der Waals surface area contributed by atoms with Gasteiger partial charge < -0.3 is 9.47 Å². The van der Waals surface area contributed by atoms with E-state index >= 15 is 0 Å².